The van der Waals surface area contributed by atoms with Crippen molar-refractivity contribution < 1.29 is 52.4 Å². The van der Waals surface area contributed by atoms with Gasteiger partial charge in [-0.05, 0) is 6.92 Å². The number of carbonyl (C=O) groups is 5. The summed E-state index contributed by atoms with van der Waals surface area (Å²) in [7, 11) is 0. The van der Waals surface area contributed by atoms with Crippen molar-refractivity contribution in [2.24, 2.45) is 0 Å². The van der Waals surface area contributed by atoms with Gasteiger partial charge in [0.05, 0.1) is 6.61 Å². The van der Waals surface area contributed by atoms with Gasteiger partial charge in [0.15, 0.2) is 18.3 Å². The lowest BCUT2D eigenvalue weighted by atomic mass is 9.97. The summed E-state index contributed by atoms with van der Waals surface area (Å²) in [6.07, 6.45) is -7.65. The van der Waals surface area contributed by atoms with Crippen LogP contribution in [0.15, 0.2) is 0 Å². The van der Waals surface area contributed by atoms with Crippen LogP contribution in [0.1, 0.15) is 34.6 Å². The molecular formula is C16H22O11. The van der Waals surface area contributed by atoms with Crippen molar-refractivity contribution in [2.75, 3.05) is 6.61 Å². The second kappa shape index (κ2) is 9.86. The fourth-order valence-corrected chi connectivity index (χ4v) is 2.45. The molecule has 0 radical (unpaired) electrons. The van der Waals surface area contributed by atoms with Gasteiger partial charge in [-0.1, -0.05) is 0 Å². The number of hydrogen-bond donors (Lipinski definition) is 0. The Labute approximate surface area is 155 Å². The normalized spacial score (nSPS) is 27.1. The molecule has 0 aromatic heterocycles. The highest BCUT2D eigenvalue weighted by atomic mass is 16.7. The quantitative estimate of drug-likeness (QED) is 0.433. The Morgan fingerprint density at radius 3 is 1.59 bits per heavy atom. The highest BCUT2D eigenvalue weighted by molar-refractivity contribution is 5.77. The summed E-state index contributed by atoms with van der Waals surface area (Å²) in [4.78, 5) is 58.1. The van der Waals surface area contributed by atoms with E-state index in [1.165, 1.54) is 6.92 Å². The lowest BCUT2D eigenvalue weighted by Crippen LogP contribution is -2.64. The van der Waals surface area contributed by atoms with E-state index in [1.807, 2.05) is 0 Å². The molecule has 0 N–H and O–H groups in total. The minimum absolute atomic E-state index is 0.0185. The molecule has 0 amide bonds. The SMILES string of the molecule is CCOC(=O)[C@H]1O[C@@H](OC(C)=O)[C@H](OC(C)=O)[C@@H](OC(C)=O)[C@@H]1OC(C)=O. The summed E-state index contributed by atoms with van der Waals surface area (Å²) >= 11 is 0. The third kappa shape index (κ3) is 6.51. The van der Waals surface area contributed by atoms with Crippen LogP contribution in [0.4, 0.5) is 0 Å². The molecule has 1 heterocycles. The first kappa shape index (κ1) is 22.4. The fraction of sp³-hybridized carbons (Fsp3) is 0.688. The molecule has 0 unspecified atom stereocenters. The molecule has 1 aliphatic rings. The van der Waals surface area contributed by atoms with Crippen LogP contribution >= 0.6 is 0 Å². The average Bonchev–Trinajstić information content (AvgIpc) is 2.51. The molecule has 0 aromatic carbocycles. The van der Waals surface area contributed by atoms with E-state index in [0.717, 1.165) is 27.7 Å². The van der Waals surface area contributed by atoms with Crippen molar-refractivity contribution in [3.05, 3.63) is 0 Å². The van der Waals surface area contributed by atoms with Gasteiger partial charge in [0.1, 0.15) is 0 Å². The summed E-state index contributed by atoms with van der Waals surface area (Å²) in [6.45, 7) is 5.77. The highest BCUT2D eigenvalue weighted by Crippen LogP contribution is 2.30. The highest BCUT2D eigenvalue weighted by Gasteiger charge is 2.56. The van der Waals surface area contributed by atoms with Gasteiger partial charge in [-0.25, -0.2) is 4.79 Å². The van der Waals surface area contributed by atoms with E-state index in [0.29, 0.717) is 0 Å². The Morgan fingerprint density at radius 1 is 0.704 bits per heavy atom. The third-order valence-electron chi connectivity index (χ3n) is 3.20. The van der Waals surface area contributed by atoms with Gasteiger partial charge in [-0.2, -0.15) is 0 Å². The molecule has 0 spiro atoms. The lowest BCUT2D eigenvalue weighted by molar-refractivity contribution is -0.294. The zero-order valence-electron chi connectivity index (χ0n) is 15.6. The van der Waals surface area contributed by atoms with E-state index in [4.69, 9.17) is 28.4 Å². The van der Waals surface area contributed by atoms with Crippen LogP contribution in [0.5, 0.6) is 0 Å². The van der Waals surface area contributed by atoms with Crippen LogP contribution < -0.4 is 0 Å². The summed E-state index contributed by atoms with van der Waals surface area (Å²) < 4.78 is 30.5. The second-order valence-corrected chi connectivity index (χ2v) is 5.51. The molecule has 11 heteroatoms. The monoisotopic (exact) mass is 390 g/mol. The maximum atomic E-state index is 12.3. The van der Waals surface area contributed by atoms with Gasteiger partial charge >= 0.3 is 29.8 Å². The van der Waals surface area contributed by atoms with E-state index in [-0.39, 0.29) is 6.61 Å². The lowest BCUT2D eigenvalue weighted by Gasteiger charge is -2.42. The van der Waals surface area contributed by atoms with E-state index in [9.17, 15) is 24.0 Å². The Morgan fingerprint density at radius 2 is 1.15 bits per heavy atom. The zero-order chi connectivity index (χ0) is 20.7. The molecule has 1 rings (SSSR count). The van der Waals surface area contributed by atoms with Gasteiger partial charge in [0.25, 0.3) is 0 Å². The molecular weight excluding hydrogens is 368 g/mol. The van der Waals surface area contributed by atoms with Crippen molar-refractivity contribution in [2.45, 2.75) is 65.3 Å². The third-order valence-corrected chi connectivity index (χ3v) is 3.20. The van der Waals surface area contributed by atoms with Gasteiger partial charge in [-0.3, -0.25) is 19.2 Å². The topological polar surface area (TPSA) is 141 Å². The Hall–Kier alpha value is -2.69. The first-order valence-electron chi connectivity index (χ1n) is 8.07. The number of ether oxygens (including phenoxy) is 6. The van der Waals surface area contributed by atoms with Gasteiger partial charge < -0.3 is 28.4 Å². The largest absolute Gasteiger partial charge is 0.464 e. The molecule has 1 aliphatic heterocycles. The summed E-state index contributed by atoms with van der Waals surface area (Å²) in [5, 5.41) is 0. The summed E-state index contributed by atoms with van der Waals surface area (Å²) in [5.74, 6) is -4.20. The Bertz CT molecular complexity index is 599. The van der Waals surface area contributed by atoms with Crippen LogP contribution in [-0.4, -0.2) is 67.2 Å². The van der Waals surface area contributed by atoms with E-state index in [2.05, 4.69) is 0 Å². The van der Waals surface area contributed by atoms with Crippen LogP contribution in [0.2, 0.25) is 0 Å². The average molecular weight is 390 g/mol. The summed E-state index contributed by atoms with van der Waals surface area (Å²) in [5.41, 5.74) is 0. The van der Waals surface area contributed by atoms with Gasteiger partial charge in [0.2, 0.25) is 12.4 Å². The second-order valence-electron chi connectivity index (χ2n) is 5.51. The van der Waals surface area contributed by atoms with Gasteiger partial charge in [-0.15, -0.1) is 0 Å². The maximum absolute atomic E-state index is 12.3. The molecule has 27 heavy (non-hydrogen) atoms. The first-order chi connectivity index (χ1) is 12.6. The van der Waals surface area contributed by atoms with Gasteiger partial charge in [0, 0.05) is 27.7 Å². The molecule has 11 nitrogen and oxygen atoms in total. The maximum Gasteiger partial charge on any atom is 0.339 e. The van der Waals surface area contributed by atoms with E-state index in [1.54, 1.807) is 0 Å². The predicted octanol–water partition coefficient (Wildman–Crippen LogP) is -0.367. The standard InChI is InChI=1S/C16H22O11/c1-6-22-15(21)13-11(23-7(2)17)12(24-8(3)18)14(25-9(4)19)16(27-13)26-10(5)20/h11-14,16H,6H2,1-5H3/t11-,12-,13-,14+,16+/m0/s1. The molecule has 5 atom stereocenters. The van der Waals surface area contributed by atoms with Crippen molar-refractivity contribution in [1.29, 1.82) is 0 Å². The minimum atomic E-state index is -1.60. The zero-order valence-corrected chi connectivity index (χ0v) is 15.6. The predicted molar refractivity (Wildman–Crippen MR) is 83.7 cm³/mol. The van der Waals surface area contributed by atoms with Crippen LogP contribution in [0.25, 0.3) is 0 Å². The Balaban J connectivity index is 3.38. The van der Waals surface area contributed by atoms with Crippen LogP contribution in [0.3, 0.4) is 0 Å². The molecule has 0 saturated carbocycles. The minimum Gasteiger partial charge on any atom is -0.464 e. The van der Waals surface area contributed by atoms with Crippen molar-refractivity contribution in [3.8, 4) is 0 Å². The number of hydrogen-bond acceptors (Lipinski definition) is 11. The van der Waals surface area contributed by atoms with Crippen LogP contribution in [-0.2, 0) is 52.4 Å². The molecule has 0 bridgehead atoms. The van der Waals surface area contributed by atoms with E-state index < -0.39 is 60.6 Å². The van der Waals surface area contributed by atoms with Crippen molar-refractivity contribution in [3.63, 3.8) is 0 Å². The molecule has 152 valence electrons. The van der Waals surface area contributed by atoms with E-state index >= 15 is 0 Å². The smallest absolute Gasteiger partial charge is 0.339 e. The first-order valence-corrected chi connectivity index (χ1v) is 8.07. The Kier molecular flexibility index (Phi) is 8.16. The summed E-state index contributed by atoms with van der Waals surface area (Å²) in [6, 6.07) is 0. The molecule has 0 aliphatic carbocycles. The fourth-order valence-electron chi connectivity index (χ4n) is 2.45. The van der Waals surface area contributed by atoms with Crippen LogP contribution in [0, 0.1) is 0 Å². The number of esters is 5. The van der Waals surface area contributed by atoms with Crippen molar-refractivity contribution in [1.82, 2.24) is 0 Å². The number of carbonyl (C=O) groups excluding carboxylic acids is 5. The van der Waals surface area contributed by atoms with Crippen molar-refractivity contribution >= 4 is 29.8 Å². The number of rotatable bonds is 6. The molecule has 1 fully saturated rings. The molecule has 0 aromatic rings. The molecule has 1 saturated heterocycles.